The normalized spacial score (nSPS) is 26.8. The van der Waals surface area contributed by atoms with Crippen LogP contribution in [0, 0.1) is 5.92 Å². The summed E-state index contributed by atoms with van der Waals surface area (Å²) in [5, 5.41) is 9.76. The molecule has 0 aromatic carbocycles. The van der Waals surface area contributed by atoms with Crippen LogP contribution in [0.1, 0.15) is 30.4 Å². The standard InChI is InChI=1S/C12H17N3O3S/c1-15(11(16)8-4-6-17-7-8)12-14-13-10(19-12)9-3-2-5-18-9/h8-9H,2-7H2,1H3. The van der Waals surface area contributed by atoms with Gasteiger partial charge in [-0.3, -0.25) is 9.69 Å². The molecule has 0 aliphatic carbocycles. The van der Waals surface area contributed by atoms with Gasteiger partial charge in [0.25, 0.3) is 0 Å². The van der Waals surface area contributed by atoms with Crippen molar-refractivity contribution in [3.63, 3.8) is 0 Å². The largest absolute Gasteiger partial charge is 0.381 e. The number of anilines is 1. The number of aromatic nitrogens is 2. The van der Waals surface area contributed by atoms with Crippen LogP contribution in [0.4, 0.5) is 5.13 Å². The van der Waals surface area contributed by atoms with Gasteiger partial charge in [-0.2, -0.15) is 0 Å². The average molecular weight is 283 g/mol. The number of hydrogen-bond donors (Lipinski definition) is 0. The zero-order valence-electron chi connectivity index (χ0n) is 10.9. The van der Waals surface area contributed by atoms with Crippen molar-refractivity contribution in [1.82, 2.24) is 10.2 Å². The van der Waals surface area contributed by atoms with Crippen molar-refractivity contribution in [3.8, 4) is 0 Å². The lowest BCUT2D eigenvalue weighted by molar-refractivity contribution is -0.122. The Labute approximate surface area is 115 Å². The summed E-state index contributed by atoms with van der Waals surface area (Å²) in [6, 6.07) is 0. The van der Waals surface area contributed by atoms with Gasteiger partial charge in [-0.25, -0.2) is 0 Å². The Morgan fingerprint density at radius 2 is 2.26 bits per heavy atom. The van der Waals surface area contributed by atoms with Gasteiger partial charge < -0.3 is 9.47 Å². The van der Waals surface area contributed by atoms with E-state index in [1.807, 2.05) is 0 Å². The first-order valence-corrected chi connectivity index (χ1v) is 7.37. The Morgan fingerprint density at radius 1 is 1.37 bits per heavy atom. The molecule has 0 spiro atoms. The highest BCUT2D eigenvalue weighted by atomic mass is 32.1. The minimum Gasteiger partial charge on any atom is -0.381 e. The molecule has 1 amide bonds. The van der Waals surface area contributed by atoms with Crippen LogP contribution in [0.5, 0.6) is 0 Å². The maximum atomic E-state index is 12.2. The third-order valence-electron chi connectivity index (χ3n) is 3.53. The summed E-state index contributed by atoms with van der Waals surface area (Å²) in [6.07, 6.45) is 2.90. The van der Waals surface area contributed by atoms with Crippen LogP contribution in [-0.4, -0.2) is 43.0 Å². The molecule has 0 radical (unpaired) electrons. The second-order valence-electron chi connectivity index (χ2n) is 4.88. The van der Waals surface area contributed by atoms with Gasteiger partial charge in [0.1, 0.15) is 11.1 Å². The molecular weight excluding hydrogens is 266 g/mol. The predicted molar refractivity (Wildman–Crippen MR) is 70.2 cm³/mol. The lowest BCUT2D eigenvalue weighted by Crippen LogP contribution is -2.33. The number of carbonyl (C=O) groups excluding carboxylic acids is 1. The fourth-order valence-electron chi connectivity index (χ4n) is 2.36. The SMILES string of the molecule is CN(C(=O)C1CCOC1)c1nnc(C2CCCO2)s1. The van der Waals surface area contributed by atoms with Crippen LogP contribution in [0.15, 0.2) is 0 Å². The summed E-state index contributed by atoms with van der Waals surface area (Å²) in [4.78, 5) is 13.8. The summed E-state index contributed by atoms with van der Waals surface area (Å²) in [5.74, 6) is 0.0209. The monoisotopic (exact) mass is 283 g/mol. The maximum absolute atomic E-state index is 12.2. The van der Waals surface area contributed by atoms with Crippen LogP contribution in [0.2, 0.25) is 0 Å². The summed E-state index contributed by atoms with van der Waals surface area (Å²) >= 11 is 1.44. The van der Waals surface area contributed by atoms with Crippen LogP contribution >= 0.6 is 11.3 Å². The third-order valence-corrected chi connectivity index (χ3v) is 4.62. The van der Waals surface area contributed by atoms with E-state index in [-0.39, 0.29) is 17.9 Å². The summed E-state index contributed by atoms with van der Waals surface area (Å²) in [7, 11) is 1.75. The average Bonchev–Trinajstić information content (AvgIpc) is 3.16. The zero-order chi connectivity index (χ0) is 13.2. The van der Waals surface area contributed by atoms with Crippen molar-refractivity contribution < 1.29 is 14.3 Å². The van der Waals surface area contributed by atoms with E-state index in [2.05, 4.69) is 10.2 Å². The summed E-state index contributed by atoms with van der Waals surface area (Å²) in [5.41, 5.74) is 0. The van der Waals surface area contributed by atoms with Gasteiger partial charge in [-0.05, 0) is 19.3 Å². The third kappa shape index (κ3) is 2.63. The molecule has 3 rings (SSSR count). The van der Waals surface area contributed by atoms with Crippen molar-refractivity contribution in [3.05, 3.63) is 5.01 Å². The highest BCUT2D eigenvalue weighted by Gasteiger charge is 2.29. The minimum atomic E-state index is -0.0416. The number of nitrogens with zero attached hydrogens (tertiary/aromatic N) is 3. The molecule has 19 heavy (non-hydrogen) atoms. The Hall–Kier alpha value is -1.05. The minimum absolute atomic E-state index is 0.0416. The van der Waals surface area contributed by atoms with E-state index in [0.717, 1.165) is 30.9 Å². The van der Waals surface area contributed by atoms with Gasteiger partial charge in [-0.15, -0.1) is 10.2 Å². The summed E-state index contributed by atoms with van der Waals surface area (Å²) in [6.45, 7) is 1.97. The Kier molecular flexibility index (Phi) is 3.76. The highest BCUT2D eigenvalue weighted by molar-refractivity contribution is 7.15. The van der Waals surface area contributed by atoms with Crippen LogP contribution in [0.3, 0.4) is 0 Å². The lowest BCUT2D eigenvalue weighted by atomic mass is 10.1. The molecular formula is C12H17N3O3S. The molecule has 1 aromatic rings. The van der Waals surface area contributed by atoms with Crippen molar-refractivity contribution in [2.24, 2.45) is 5.92 Å². The Bertz CT molecular complexity index is 453. The number of ether oxygens (including phenoxy) is 2. The van der Waals surface area contributed by atoms with Crippen molar-refractivity contribution in [1.29, 1.82) is 0 Å². The van der Waals surface area contributed by atoms with E-state index >= 15 is 0 Å². The summed E-state index contributed by atoms with van der Waals surface area (Å²) < 4.78 is 10.8. The molecule has 7 heteroatoms. The lowest BCUT2D eigenvalue weighted by Gasteiger charge is -2.16. The molecule has 2 aliphatic heterocycles. The first-order valence-electron chi connectivity index (χ1n) is 6.56. The molecule has 2 atom stereocenters. The maximum Gasteiger partial charge on any atom is 0.234 e. The van der Waals surface area contributed by atoms with Gasteiger partial charge in [0.2, 0.25) is 11.0 Å². The first-order chi connectivity index (χ1) is 9.25. The van der Waals surface area contributed by atoms with E-state index in [9.17, 15) is 4.79 Å². The number of hydrogen-bond acceptors (Lipinski definition) is 6. The van der Waals surface area contributed by atoms with Crippen molar-refractivity contribution >= 4 is 22.4 Å². The molecule has 0 N–H and O–H groups in total. The van der Waals surface area contributed by atoms with Crippen LogP contribution in [-0.2, 0) is 14.3 Å². The highest BCUT2D eigenvalue weighted by Crippen LogP contribution is 2.33. The molecule has 0 bridgehead atoms. The fourth-order valence-corrected chi connectivity index (χ4v) is 3.26. The smallest absolute Gasteiger partial charge is 0.234 e. The molecule has 2 unspecified atom stereocenters. The topological polar surface area (TPSA) is 64.6 Å². The van der Waals surface area contributed by atoms with E-state index in [1.165, 1.54) is 11.3 Å². The molecule has 6 nitrogen and oxygen atoms in total. The molecule has 2 fully saturated rings. The van der Waals surface area contributed by atoms with E-state index < -0.39 is 0 Å². The Balaban J connectivity index is 1.69. The number of carbonyl (C=O) groups is 1. The van der Waals surface area contributed by atoms with Gasteiger partial charge in [0.15, 0.2) is 0 Å². The van der Waals surface area contributed by atoms with Gasteiger partial charge in [0.05, 0.1) is 12.5 Å². The van der Waals surface area contributed by atoms with Gasteiger partial charge in [0, 0.05) is 20.3 Å². The molecule has 2 aliphatic rings. The van der Waals surface area contributed by atoms with E-state index in [1.54, 1.807) is 11.9 Å². The molecule has 2 saturated heterocycles. The van der Waals surface area contributed by atoms with E-state index in [0.29, 0.717) is 18.3 Å². The molecule has 104 valence electrons. The predicted octanol–water partition coefficient (Wildman–Crippen LogP) is 1.39. The zero-order valence-corrected chi connectivity index (χ0v) is 11.7. The second-order valence-corrected chi connectivity index (χ2v) is 5.87. The van der Waals surface area contributed by atoms with Crippen molar-refractivity contribution in [2.45, 2.75) is 25.4 Å². The Morgan fingerprint density at radius 3 is 2.95 bits per heavy atom. The number of amides is 1. The second kappa shape index (κ2) is 5.52. The molecule has 3 heterocycles. The van der Waals surface area contributed by atoms with Gasteiger partial charge in [-0.1, -0.05) is 11.3 Å². The van der Waals surface area contributed by atoms with Crippen LogP contribution in [0.25, 0.3) is 0 Å². The number of rotatable bonds is 3. The van der Waals surface area contributed by atoms with Crippen molar-refractivity contribution in [2.75, 3.05) is 31.8 Å². The van der Waals surface area contributed by atoms with Crippen LogP contribution < -0.4 is 4.90 Å². The molecule has 0 saturated carbocycles. The van der Waals surface area contributed by atoms with Gasteiger partial charge >= 0.3 is 0 Å². The first kappa shape index (κ1) is 13.0. The quantitative estimate of drug-likeness (QED) is 0.838. The molecule has 1 aromatic heterocycles. The van der Waals surface area contributed by atoms with E-state index in [4.69, 9.17) is 9.47 Å². The fraction of sp³-hybridized carbons (Fsp3) is 0.750.